The molecule has 0 atom stereocenters. The number of allylic oxidation sites excluding steroid dienone is 1. The lowest BCUT2D eigenvalue weighted by molar-refractivity contribution is 0.101. The second-order valence-corrected chi connectivity index (χ2v) is 7.48. The van der Waals surface area contributed by atoms with E-state index in [4.69, 9.17) is 32.7 Å². The van der Waals surface area contributed by atoms with E-state index in [0.29, 0.717) is 28.2 Å². The van der Waals surface area contributed by atoms with E-state index in [9.17, 15) is 13.6 Å². The number of ether oxygens (including phenoxy) is 2. The molecule has 7 heteroatoms. The number of fused-ring (bicyclic) bond motifs is 1. The number of benzene rings is 3. The smallest absolute Gasteiger partial charge is 0.231 e. The first-order valence-electron chi connectivity index (χ1n) is 8.93. The Hall–Kier alpha value is -2.89. The molecule has 0 aliphatic carbocycles. The minimum atomic E-state index is -0.556. The molecule has 0 fully saturated rings. The fourth-order valence-electron chi connectivity index (χ4n) is 3.10. The van der Waals surface area contributed by atoms with Crippen molar-refractivity contribution >= 4 is 35.1 Å². The van der Waals surface area contributed by atoms with E-state index in [0.717, 1.165) is 0 Å². The summed E-state index contributed by atoms with van der Waals surface area (Å²) in [4.78, 5) is 12.7. The van der Waals surface area contributed by atoms with Crippen LogP contribution in [0.3, 0.4) is 0 Å². The molecule has 0 saturated carbocycles. The lowest BCUT2D eigenvalue weighted by Gasteiger charge is -2.12. The number of carbonyl (C=O) groups excluding carboxylic acids is 1. The lowest BCUT2D eigenvalue weighted by atomic mass is 10.1. The molecule has 0 aromatic heterocycles. The van der Waals surface area contributed by atoms with Gasteiger partial charge in [0, 0.05) is 16.7 Å². The van der Waals surface area contributed by atoms with Crippen LogP contribution < -0.4 is 9.47 Å². The summed E-state index contributed by atoms with van der Waals surface area (Å²) in [7, 11) is 0. The Bertz CT molecular complexity index is 1190. The summed E-state index contributed by atoms with van der Waals surface area (Å²) in [6, 6.07) is 11.5. The number of Topliss-reactive ketones (excluding diaryl/α,β-unsaturated/α-hetero) is 1. The number of ketones is 1. The number of carbonyl (C=O) groups is 1. The van der Waals surface area contributed by atoms with E-state index < -0.39 is 11.6 Å². The van der Waals surface area contributed by atoms with Crippen LogP contribution in [0.4, 0.5) is 8.78 Å². The summed E-state index contributed by atoms with van der Waals surface area (Å²) in [6.45, 7) is 1.85. The maximum atomic E-state index is 14.1. The molecule has 0 unspecified atom stereocenters. The van der Waals surface area contributed by atoms with Crippen molar-refractivity contribution in [2.24, 2.45) is 0 Å². The molecule has 152 valence electrons. The highest BCUT2D eigenvalue weighted by atomic mass is 35.5. The molecule has 0 radical (unpaired) electrons. The van der Waals surface area contributed by atoms with Crippen LogP contribution in [0.25, 0.3) is 6.08 Å². The molecule has 0 spiro atoms. The molecule has 4 rings (SSSR count). The first-order chi connectivity index (χ1) is 14.3. The molecule has 3 aromatic rings. The van der Waals surface area contributed by atoms with E-state index in [2.05, 4.69) is 0 Å². The molecule has 0 bridgehead atoms. The molecule has 0 saturated heterocycles. The van der Waals surface area contributed by atoms with Gasteiger partial charge in [-0.2, -0.15) is 0 Å². The van der Waals surface area contributed by atoms with Crippen molar-refractivity contribution in [3.63, 3.8) is 0 Å². The third kappa shape index (κ3) is 3.78. The maximum Gasteiger partial charge on any atom is 0.231 e. The average Bonchev–Trinajstić information content (AvgIpc) is 3.02. The SMILES string of the molecule is Cc1c(OCc2ccc(F)cc2Cl)ccc2c1O/C(=C\c1c(F)cccc1Cl)C2=O. The summed E-state index contributed by atoms with van der Waals surface area (Å²) < 4.78 is 38.8. The van der Waals surface area contributed by atoms with Crippen LogP contribution in [0, 0.1) is 18.6 Å². The number of rotatable bonds is 4. The summed E-state index contributed by atoms with van der Waals surface area (Å²) >= 11 is 12.1. The van der Waals surface area contributed by atoms with Crippen LogP contribution in [0.15, 0.2) is 54.3 Å². The molecule has 3 aromatic carbocycles. The maximum absolute atomic E-state index is 14.1. The van der Waals surface area contributed by atoms with Crippen molar-refractivity contribution < 1.29 is 23.0 Å². The van der Waals surface area contributed by atoms with Gasteiger partial charge >= 0.3 is 0 Å². The minimum Gasteiger partial charge on any atom is -0.488 e. The van der Waals surface area contributed by atoms with Gasteiger partial charge in [-0.05, 0) is 49.4 Å². The lowest BCUT2D eigenvalue weighted by Crippen LogP contribution is -1.99. The quantitative estimate of drug-likeness (QED) is 0.414. The molecule has 0 N–H and O–H groups in total. The average molecular weight is 447 g/mol. The number of hydrogen-bond donors (Lipinski definition) is 0. The van der Waals surface area contributed by atoms with Gasteiger partial charge in [-0.3, -0.25) is 4.79 Å². The van der Waals surface area contributed by atoms with Gasteiger partial charge in [-0.25, -0.2) is 8.78 Å². The van der Waals surface area contributed by atoms with Crippen LogP contribution >= 0.6 is 23.2 Å². The first kappa shape index (κ1) is 20.4. The Labute approximate surface area is 181 Å². The van der Waals surface area contributed by atoms with Crippen LogP contribution in [0.5, 0.6) is 11.5 Å². The third-order valence-corrected chi connectivity index (χ3v) is 5.39. The molecule has 1 heterocycles. The second kappa shape index (κ2) is 8.09. The predicted octanol–water partition coefficient (Wildman–Crippen LogP) is 6.78. The summed E-state index contributed by atoms with van der Waals surface area (Å²) in [5, 5.41) is 0.430. The Kier molecular flexibility index (Phi) is 5.50. The zero-order valence-electron chi connectivity index (χ0n) is 15.6. The standard InChI is InChI=1S/C23H14Cl2F2O3/c1-12-20(29-11-13-5-6-14(26)9-18(13)25)8-7-15-22(28)21(30-23(12)15)10-16-17(24)3-2-4-19(16)27/h2-10H,11H2,1H3/b21-10-. The normalized spacial score (nSPS) is 14.0. The summed E-state index contributed by atoms with van der Waals surface area (Å²) in [5.74, 6) is -0.578. The first-order valence-corrected chi connectivity index (χ1v) is 9.69. The van der Waals surface area contributed by atoms with Gasteiger partial charge in [0.05, 0.1) is 15.6 Å². The Morgan fingerprint density at radius 3 is 2.60 bits per heavy atom. The van der Waals surface area contributed by atoms with E-state index >= 15 is 0 Å². The fourth-order valence-corrected chi connectivity index (χ4v) is 3.54. The van der Waals surface area contributed by atoms with E-state index in [1.165, 1.54) is 36.4 Å². The van der Waals surface area contributed by atoms with Crippen LogP contribution in [-0.2, 0) is 6.61 Å². The molecular weight excluding hydrogens is 433 g/mol. The van der Waals surface area contributed by atoms with Gasteiger partial charge in [-0.1, -0.05) is 35.3 Å². The van der Waals surface area contributed by atoms with Crippen molar-refractivity contribution in [3.8, 4) is 11.5 Å². The van der Waals surface area contributed by atoms with Gasteiger partial charge < -0.3 is 9.47 Å². The monoisotopic (exact) mass is 446 g/mol. The second-order valence-electron chi connectivity index (χ2n) is 6.66. The molecule has 3 nitrogen and oxygen atoms in total. The molecule has 30 heavy (non-hydrogen) atoms. The van der Waals surface area contributed by atoms with E-state index in [1.807, 2.05) is 0 Å². The van der Waals surface area contributed by atoms with Gasteiger partial charge in [0.15, 0.2) is 5.76 Å². The topological polar surface area (TPSA) is 35.5 Å². The van der Waals surface area contributed by atoms with Gasteiger partial charge in [0.1, 0.15) is 29.7 Å². The Balaban J connectivity index is 1.61. The van der Waals surface area contributed by atoms with E-state index in [1.54, 1.807) is 25.1 Å². The summed E-state index contributed by atoms with van der Waals surface area (Å²) in [5.41, 5.74) is 1.64. The van der Waals surface area contributed by atoms with Gasteiger partial charge in [0.25, 0.3) is 0 Å². The van der Waals surface area contributed by atoms with Crippen molar-refractivity contribution in [1.29, 1.82) is 0 Å². The zero-order chi connectivity index (χ0) is 21.4. The Morgan fingerprint density at radius 2 is 1.87 bits per heavy atom. The highest BCUT2D eigenvalue weighted by Crippen LogP contribution is 2.40. The number of hydrogen-bond acceptors (Lipinski definition) is 3. The van der Waals surface area contributed by atoms with Crippen LogP contribution in [0.2, 0.25) is 10.0 Å². The van der Waals surface area contributed by atoms with Gasteiger partial charge in [-0.15, -0.1) is 0 Å². The highest BCUT2D eigenvalue weighted by Gasteiger charge is 2.30. The molecule has 1 aliphatic heterocycles. The number of halogens is 4. The largest absolute Gasteiger partial charge is 0.488 e. The van der Waals surface area contributed by atoms with Crippen molar-refractivity contribution in [3.05, 3.63) is 98.2 Å². The summed E-state index contributed by atoms with van der Waals surface area (Å²) in [6.07, 6.45) is 1.29. The molecule has 1 aliphatic rings. The predicted molar refractivity (Wildman–Crippen MR) is 111 cm³/mol. The fraction of sp³-hybridized carbons (Fsp3) is 0.0870. The van der Waals surface area contributed by atoms with Crippen LogP contribution in [-0.4, -0.2) is 5.78 Å². The third-order valence-electron chi connectivity index (χ3n) is 4.71. The van der Waals surface area contributed by atoms with Crippen molar-refractivity contribution in [2.45, 2.75) is 13.5 Å². The van der Waals surface area contributed by atoms with Crippen LogP contribution in [0.1, 0.15) is 27.0 Å². The van der Waals surface area contributed by atoms with Crippen molar-refractivity contribution in [1.82, 2.24) is 0 Å². The van der Waals surface area contributed by atoms with Crippen molar-refractivity contribution in [2.75, 3.05) is 0 Å². The van der Waals surface area contributed by atoms with Gasteiger partial charge in [0.2, 0.25) is 5.78 Å². The molecular formula is C23H14Cl2F2O3. The minimum absolute atomic E-state index is 0.0289. The highest BCUT2D eigenvalue weighted by molar-refractivity contribution is 6.32. The zero-order valence-corrected chi connectivity index (χ0v) is 17.2. The van der Waals surface area contributed by atoms with E-state index in [-0.39, 0.29) is 33.8 Å². The Morgan fingerprint density at radius 1 is 1.07 bits per heavy atom. The molecule has 0 amide bonds.